The van der Waals surface area contributed by atoms with Crippen molar-refractivity contribution in [3.05, 3.63) is 0 Å². The standard InChI is InChI=1S/C7H13N5OS/c1-8-6-10-11-7(14-6)9-5-2-3-12(13)4-5/h5,13H,2-4H2,1H3,(H,8,10)(H,9,11)/t5-/m1/s1. The number of hydrogen-bond donors (Lipinski definition) is 3. The van der Waals surface area contributed by atoms with Crippen LogP contribution in [0.2, 0.25) is 0 Å². The zero-order valence-corrected chi connectivity index (χ0v) is 8.71. The molecule has 0 aliphatic carbocycles. The van der Waals surface area contributed by atoms with Crippen LogP contribution in [-0.2, 0) is 0 Å². The molecule has 1 aliphatic heterocycles. The molecular formula is C7H13N5OS. The maximum atomic E-state index is 9.18. The highest BCUT2D eigenvalue weighted by atomic mass is 32.1. The van der Waals surface area contributed by atoms with Gasteiger partial charge in [-0.05, 0) is 6.42 Å². The van der Waals surface area contributed by atoms with Crippen LogP contribution in [0.5, 0.6) is 0 Å². The first-order valence-electron chi connectivity index (χ1n) is 4.49. The Bertz CT molecular complexity index is 304. The molecule has 1 aliphatic rings. The Kier molecular flexibility index (Phi) is 2.80. The van der Waals surface area contributed by atoms with Crippen LogP contribution < -0.4 is 10.6 Å². The van der Waals surface area contributed by atoms with Gasteiger partial charge in [-0.25, -0.2) is 0 Å². The summed E-state index contributed by atoms with van der Waals surface area (Å²) < 4.78 is 0. The van der Waals surface area contributed by atoms with E-state index in [0.717, 1.165) is 23.2 Å². The van der Waals surface area contributed by atoms with Crippen molar-refractivity contribution in [1.82, 2.24) is 15.3 Å². The molecule has 2 rings (SSSR count). The van der Waals surface area contributed by atoms with Gasteiger partial charge in [-0.2, -0.15) is 5.06 Å². The molecule has 0 aromatic carbocycles. The fourth-order valence-corrected chi connectivity index (χ4v) is 2.09. The van der Waals surface area contributed by atoms with E-state index in [-0.39, 0.29) is 6.04 Å². The van der Waals surface area contributed by atoms with Crippen molar-refractivity contribution in [1.29, 1.82) is 0 Å². The lowest BCUT2D eigenvalue weighted by atomic mass is 10.3. The van der Waals surface area contributed by atoms with Crippen LogP contribution in [-0.4, -0.2) is 46.6 Å². The lowest BCUT2D eigenvalue weighted by Crippen LogP contribution is -2.23. The first-order chi connectivity index (χ1) is 6.78. The summed E-state index contributed by atoms with van der Waals surface area (Å²) in [7, 11) is 1.81. The topological polar surface area (TPSA) is 73.3 Å². The van der Waals surface area contributed by atoms with Crippen LogP contribution in [0.4, 0.5) is 10.3 Å². The van der Waals surface area contributed by atoms with Crippen LogP contribution in [0.25, 0.3) is 0 Å². The number of nitrogens with zero attached hydrogens (tertiary/aromatic N) is 3. The highest BCUT2D eigenvalue weighted by Crippen LogP contribution is 2.21. The second-order valence-corrected chi connectivity index (χ2v) is 4.18. The van der Waals surface area contributed by atoms with E-state index in [9.17, 15) is 5.21 Å². The first kappa shape index (κ1) is 9.63. The molecule has 14 heavy (non-hydrogen) atoms. The van der Waals surface area contributed by atoms with Gasteiger partial charge in [0.2, 0.25) is 10.3 Å². The zero-order chi connectivity index (χ0) is 9.97. The first-order valence-corrected chi connectivity index (χ1v) is 5.31. The Morgan fingerprint density at radius 2 is 2.29 bits per heavy atom. The van der Waals surface area contributed by atoms with E-state index in [0.29, 0.717) is 6.54 Å². The number of aromatic nitrogens is 2. The summed E-state index contributed by atoms with van der Waals surface area (Å²) in [5, 5.41) is 26.1. The van der Waals surface area contributed by atoms with Crippen LogP contribution >= 0.6 is 11.3 Å². The highest BCUT2D eigenvalue weighted by molar-refractivity contribution is 7.19. The predicted octanol–water partition coefficient (Wildman–Crippen LogP) is 0.455. The molecule has 0 spiro atoms. The molecule has 0 saturated carbocycles. The Labute approximate surface area is 85.9 Å². The van der Waals surface area contributed by atoms with Gasteiger partial charge < -0.3 is 15.8 Å². The van der Waals surface area contributed by atoms with E-state index in [1.165, 1.54) is 16.4 Å². The molecule has 1 aromatic heterocycles. The van der Waals surface area contributed by atoms with Crippen LogP contribution in [0.3, 0.4) is 0 Å². The summed E-state index contributed by atoms with van der Waals surface area (Å²) >= 11 is 1.48. The molecule has 1 saturated heterocycles. The van der Waals surface area contributed by atoms with Gasteiger partial charge in [-0.15, -0.1) is 10.2 Å². The summed E-state index contributed by atoms with van der Waals surface area (Å²) in [5.74, 6) is 0. The molecule has 0 bridgehead atoms. The SMILES string of the molecule is CNc1nnc(N[C@@H]2CCN(O)C2)s1. The smallest absolute Gasteiger partial charge is 0.207 e. The minimum atomic E-state index is 0.276. The molecule has 7 heteroatoms. The zero-order valence-electron chi connectivity index (χ0n) is 7.90. The van der Waals surface area contributed by atoms with Gasteiger partial charge in [0.1, 0.15) is 0 Å². The molecule has 0 amide bonds. The van der Waals surface area contributed by atoms with Crippen molar-refractivity contribution in [2.45, 2.75) is 12.5 Å². The average molecular weight is 215 g/mol. The third-order valence-electron chi connectivity index (χ3n) is 2.13. The Balaban J connectivity index is 1.90. The van der Waals surface area contributed by atoms with E-state index in [1.54, 1.807) is 0 Å². The van der Waals surface area contributed by atoms with Crippen molar-refractivity contribution in [2.24, 2.45) is 0 Å². The van der Waals surface area contributed by atoms with E-state index in [1.807, 2.05) is 7.05 Å². The van der Waals surface area contributed by atoms with Crippen molar-refractivity contribution >= 4 is 21.6 Å². The second-order valence-electron chi connectivity index (χ2n) is 3.20. The minimum absolute atomic E-state index is 0.276. The van der Waals surface area contributed by atoms with Gasteiger partial charge in [0.15, 0.2) is 0 Å². The van der Waals surface area contributed by atoms with Gasteiger partial charge in [0.25, 0.3) is 0 Å². The normalized spacial score (nSPS) is 22.6. The number of rotatable bonds is 3. The summed E-state index contributed by atoms with van der Waals surface area (Å²) in [5.41, 5.74) is 0. The van der Waals surface area contributed by atoms with Crippen LogP contribution in [0.1, 0.15) is 6.42 Å². The van der Waals surface area contributed by atoms with E-state index in [2.05, 4.69) is 20.8 Å². The minimum Gasteiger partial charge on any atom is -0.363 e. The lowest BCUT2D eigenvalue weighted by Gasteiger charge is -2.09. The Morgan fingerprint density at radius 3 is 2.86 bits per heavy atom. The molecule has 6 nitrogen and oxygen atoms in total. The number of hydrogen-bond acceptors (Lipinski definition) is 7. The van der Waals surface area contributed by atoms with Gasteiger partial charge in [-0.3, -0.25) is 0 Å². The maximum Gasteiger partial charge on any atom is 0.207 e. The molecule has 3 N–H and O–H groups in total. The summed E-state index contributed by atoms with van der Waals surface area (Å²) in [6.45, 7) is 1.36. The Hall–Kier alpha value is -0.920. The van der Waals surface area contributed by atoms with Crippen molar-refractivity contribution < 1.29 is 5.21 Å². The van der Waals surface area contributed by atoms with Gasteiger partial charge in [-0.1, -0.05) is 11.3 Å². The van der Waals surface area contributed by atoms with E-state index >= 15 is 0 Å². The van der Waals surface area contributed by atoms with Gasteiger partial charge in [0, 0.05) is 26.2 Å². The molecule has 2 heterocycles. The van der Waals surface area contributed by atoms with Crippen molar-refractivity contribution in [2.75, 3.05) is 30.8 Å². The molecular weight excluding hydrogens is 202 g/mol. The molecule has 0 radical (unpaired) electrons. The van der Waals surface area contributed by atoms with Crippen molar-refractivity contribution in [3.63, 3.8) is 0 Å². The molecule has 1 aromatic rings. The third kappa shape index (κ3) is 2.11. The largest absolute Gasteiger partial charge is 0.363 e. The van der Waals surface area contributed by atoms with Crippen LogP contribution in [0.15, 0.2) is 0 Å². The predicted molar refractivity (Wildman–Crippen MR) is 54.8 cm³/mol. The van der Waals surface area contributed by atoms with Crippen molar-refractivity contribution in [3.8, 4) is 0 Å². The fourth-order valence-electron chi connectivity index (χ4n) is 1.42. The Morgan fingerprint density at radius 1 is 1.50 bits per heavy atom. The second kappa shape index (κ2) is 4.07. The number of hydroxylamine groups is 2. The molecule has 78 valence electrons. The molecule has 0 unspecified atom stereocenters. The number of anilines is 2. The third-order valence-corrected chi connectivity index (χ3v) is 3.01. The molecule has 1 fully saturated rings. The van der Waals surface area contributed by atoms with E-state index < -0.39 is 0 Å². The summed E-state index contributed by atoms with van der Waals surface area (Å²) in [4.78, 5) is 0. The van der Waals surface area contributed by atoms with Gasteiger partial charge in [0.05, 0.1) is 0 Å². The van der Waals surface area contributed by atoms with Gasteiger partial charge >= 0.3 is 0 Å². The number of nitrogens with one attached hydrogen (secondary N) is 2. The average Bonchev–Trinajstić information content (AvgIpc) is 2.76. The van der Waals surface area contributed by atoms with Crippen LogP contribution in [0, 0.1) is 0 Å². The fraction of sp³-hybridized carbons (Fsp3) is 0.714. The summed E-state index contributed by atoms with van der Waals surface area (Å²) in [6.07, 6.45) is 0.935. The summed E-state index contributed by atoms with van der Waals surface area (Å²) in [6, 6.07) is 0.276. The maximum absolute atomic E-state index is 9.18. The quantitative estimate of drug-likeness (QED) is 0.680. The monoisotopic (exact) mass is 215 g/mol. The lowest BCUT2D eigenvalue weighted by molar-refractivity contribution is -0.0685. The molecule has 1 atom stereocenters. The highest BCUT2D eigenvalue weighted by Gasteiger charge is 2.21. The van der Waals surface area contributed by atoms with E-state index in [4.69, 9.17) is 0 Å².